The van der Waals surface area contributed by atoms with E-state index < -0.39 is 34.2 Å². The van der Waals surface area contributed by atoms with Crippen molar-refractivity contribution in [1.29, 1.82) is 0 Å². The molecular weight excluding hydrogens is 493 g/mol. The lowest BCUT2D eigenvalue weighted by molar-refractivity contribution is -0.137. The standard InChI is InChI=1S/C23H20ClF3N2O4S/c1-15-6-9-19(10-7-15)34(31,32)29(18-5-3-4-16(12-18)23(25,26)27)14-22(30)28-20-13-17(24)8-11-21(20)33-2/h3-13H,14H2,1-2H3,(H,28,30). The first-order valence-electron chi connectivity index (χ1n) is 9.82. The Morgan fingerprint density at radius 3 is 2.35 bits per heavy atom. The summed E-state index contributed by atoms with van der Waals surface area (Å²) in [5, 5.41) is 2.79. The van der Waals surface area contributed by atoms with E-state index in [0.29, 0.717) is 10.4 Å². The van der Waals surface area contributed by atoms with Crippen LogP contribution in [-0.2, 0) is 21.0 Å². The van der Waals surface area contributed by atoms with E-state index >= 15 is 0 Å². The Hall–Kier alpha value is -3.24. The Morgan fingerprint density at radius 1 is 1.06 bits per heavy atom. The third-order valence-electron chi connectivity index (χ3n) is 4.79. The number of amides is 1. The Labute approximate surface area is 200 Å². The normalized spacial score (nSPS) is 11.7. The fourth-order valence-corrected chi connectivity index (χ4v) is 4.67. The minimum atomic E-state index is -4.70. The van der Waals surface area contributed by atoms with Gasteiger partial charge in [-0.1, -0.05) is 35.4 Å². The minimum Gasteiger partial charge on any atom is -0.495 e. The van der Waals surface area contributed by atoms with Gasteiger partial charge in [-0.05, 0) is 55.5 Å². The predicted octanol–water partition coefficient (Wildman–Crippen LogP) is 5.51. The van der Waals surface area contributed by atoms with E-state index in [1.807, 2.05) is 0 Å². The first-order chi connectivity index (χ1) is 15.9. The number of hydrogen-bond donors (Lipinski definition) is 1. The zero-order chi connectivity index (χ0) is 25.1. The number of methoxy groups -OCH3 is 1. The Balaban J connectivity index is 2.03. The summed E-state index contributed by atoms with van der Waals surface area (Å²) in [6.45, 7) is 0.958. The van der Waals surface area contributed by atoms with Gasteiger partial charge in [0.1, 0.15) is 12.3 Å². The molecule has 6 nitrogen and oxygen atoms in total. The second-order valence-corrected chi connectivity index (χ2v) is 9.56. The molecule has 34 heavy (non-hydrogen) atoms. The molecule has 0 unspecified atom stereocenters. The molecule has 0 saturated carbocycles. The molecule has 0 radical (unpaired) electrons. The van der Waals surface area contributed by atoms with Crippen LogP contribution in [0.1, 0.15) is 11.1 Å². The number of hydrogen-bond acceptors (Lipinski definition) is 4. The number of halogens is 4. The number of rotatable bonds is 7. The summed E-state index contributed by atoms with van der Waals surface area (Å²) in [6, 6.07) is 14.0. The quantitative estimate of drug-likeness (QED) is 0.453. The summed E-state index contributed by atoms with van der Waals surface area (Å²) in [5.41, 5.74) is -0.401. The van der Waals surface area contributed by atoms with Crippen LogP contribution in [0.4, 0.5) is 24.5 Å². The van der Waals surface area contributed by atoms with Gasteiger partial charge in [0.2, 0.25) is 5.91 Å². The molecule has 0 heterocycles. The monoisotopic (exact) mass is 512 g/mol. The lowest BCUT2D eigenvalue weighted by Gasteiger charge is -2.25. The molecule has 3 rings (SSSR count). The first-order valence-corrected chi connectivity index (χ1v) is 11.6. The number of carbonyl (C=O) groups is 1. The summed E-state index contributed by atoms with van der Waals surface area (Å²) in [4.78, 5) is 12.7. The van der Waals surface area contributed by atoms with E-state index in [4.69, 9.17) is 16.3 Å². The van der Waals surface area contributed by atoms with E-state index in [1.165, 1.54) is 43.5 Å². The fourth-order valence-electron chi connectivity index (χ4n) is 3.09. The number of aryl methyl sites for hydroxylation is 1. The van der Waals surface area contributed by atoms with Crippen molar-refractivity contribution in [3.05, 3.63) is 82.9 Å². The topological polar surface area (TPSA) is 75.7 Å². The molecule has 3 aromatic rings. The summed E-state index contributed by atoms with van der Waals surface area (Å²) in [6.07, 6.45) is -4.70. The smallest absolute Gasteiger partial charge is 0.416 e. The van der Waals surface area contributed by atoms with Crippen LogP contribution in [0.5, 0.6) is 5.75 Å². The molecule has 0 fully saturated rings. The second kappa shape index (κ2) is 9.94. The number of carbonyl (C=O) groups excluding carboxylic acids is 1. The Kier molecular flexibility index (Phi) is 7.42. The molecule has 0 atom stereocenters. The number of nitrogens with zero attached hydrogens (tertiary/aromatic N) is 1. The highest BCUT2D eigenvalue weighted by atomic mass is 35.5. The van der Waals surface area contributed by atoms with Gasteiger partial charge in [-0.2, -0.15) is 13.2 Å². The highest BCUT2D eigenvalue weighted by Crippen LogP contribution is 2.33. The van der Waals surface area contributed by atoms with Crippen LogP contribution in [-0.4, -0.2) is 28.0 Å². The summed E-state index contributed by atoms with van der Waals surface area (Å²) >= 11 is 5.96. The summed E-state index contributed by atoms with van der Waals surface area (Å²) < 4.78 is 72.4. The van der Waals surface area contributed by atoms with E-state index in [2.05, 4.69) is 5.32 Å². The van der Waals surface area contributed by atoms with Crippen LogP contribution in [0.3, 0.4) is 0 Å². The zero-order valence-electron chi connectivity index (χ0n) is 18.1. The third-order valence-corrected chi connectivity index (χ3v) is 6.82. The SMILES string of the molecule is COc1ccc(Cl)cc1NC(=O)CN(c1cccc(C(F)(F)F)c1)S(=O)(=O)c1ccc(C)cc1. The Bertz CT molecular complexity index is 1300. The van der Waals surface area contributed by atoms with E-state index in [9.17, 15) is 26.4 Å². The Morgan fingerprint density at radius 2 is 1.74 bits per heavy atom. The van der Waals surface area contributed by atoms with Gasteiger partial charge in [-0.15, -0.1) is 0 Å². The van der Waals surface area contributed by atoms with Crippen LogP contribution in [0, 0.1) is 6.92 Å². The predicted molar refractivity (Wildman–Crippen MR) is 124 cm³/mol. The van der Waals surface area contributed by atoms with Crippen LogP contribution in [0.2, 0.25) is 5.02 Å². The van der Waals surface area contributed by atoms with Crippen molar-refractivity contribution < 1.29 is 31.1 Å². The number of sulfonamides is 1. The largest absolute Gasteiger partial charge is 0.495 e. The molecule has 3 aromatic carbocycles. The molecule has 1 amide bonds. The lowest BCUT2D eigenvalue weighted by atomic mass is 10.2. The van der Waals surface area contributed by atoms with Crippen molar-refractivity contribution in [2.75, 3.05) is 23.3 Å². The highest BCUT2D eigenvalue weighted by molar-refractivity contribution is 7.92. The van der Waals surface area contributed by atoms with Crippen LogP contribution >= 0.6 is 11.6 Å². The molecule has 1 N–H and O–H groups in total. The maximum absolute atomic E-state index is 13.4. The first kappa shape index (κ1) is 25.4. The molecular formula is C23H20ClF3N2O4S. The lowest BCUT2D eigenvalue weighted by Crippen LogP contribution is -2.38. The molecule has 0 aliphatic heterocycles. The van der Waals surface area contributed by atoms with Gasteiger partial charge < -0.3 is 10.1 Å². The van der Waals surface area contributed by atoms with Crippen molar-refractivity contribution in [2.45, 2.75) is 18.0 Å². The molecule has 11 heteroatoms. The highest BCUT2D eigenvalue weighted by Gasteiger charge is 2.33. The van der Waals surface area contributed by atoms with Crippen LogP contribution in [0.15, 0.2) is 71.6 Å². The van der Waals surface area contributed by atoms with Gasteiger partial charge in [0.15, 0.2) is 0 Å². The number of anilines is 2. The molecule has 180 valence electrons. The van der Waals surface area contributed by atoms with Crippen molar-refractivity contribution in [3.8, 4) is 5.75 Å². The maximum Gasteiger partial charge on any atom is 0.416 e. The molecule has 0 saturated heterocycles. The van der Waals surface area contributed by atoms with Crippen LogP contribution < -0.4 is 14.4 Å². The van der Waals surface area contributed by atoms with Crippen molar-refractivity contribution in [1.82, 2.24) is 0 Å². The van der Waals surface area contributed by atoms with Gasteiger partial charge in [0.05, 0.1) is 28.9 Å². The fraction of sp³-hybridized carbons (Fsp3) is 0.174. The number of alkyl halides is 3. The van der Waals surface area contributed by atoms with Crippen molar-refractivity contribution in [3.63, 3.8) is 0 Å². The summed E-state index contributed by atoms with van der Waals surface area (Å²) in [5.74, 6) is -0.543. The van der Waals surface area contributed by atoms with Crippen molar-refractivity contribution >= 4 is 38.9 Å². The van der Waals surface area contributed by atoms with Gasteiger partial charge in [-0.25, -0.2) is 8.42 Å². The average Bonchev–Trinajstić information content (AvgIpc) is 2.77. The minimum absolute atomic E-state index is 0.177. The average molecular weight is 513 g/mol. The van der Waals surface area contributed by atoms with Gasteiger partial charge >= 0.3 is 6.18 Å². The van der Waals surface area contributed by atoms with E-state index in [-0.39, 0.29) is 27.0 Å². The van der Waals surface area contributed by atoms with Crippen molar-refractivity contribution in [2.24, 2.45) is 0 Å². The number of benzene rings is 3. The summed E-state index contributed by atoms with van der Waals surface area (Å²) in [7, 11) is -3.03. The van der Waals surface area contributed by atoms with E-state index in [0.717, 1.165) is 17.7 Å². The third kappa shape index (κ3) is 5.81. The van der Waals surface area contributed by atoms with Gasteiger partial charge in [0, 0.05) is 5.02 Å². The molecule has 0 bridgehead atoms. The van der Waals surface area contributed by atoms with Crippen LogP contribution in [0.25, 0.3) is 0 Å². The van der Waals surface area contributed by atoms with E-state index in [1.54, 1.807) is 19.1 Å². The van der Waals surface area contributed by atoms with Gasteiger partial charge in [0.25, 0.3) is 10.0 Å². The molecule has 0 aliphatic rings. The maximum atomic E-state index is 13.4. The molecule has 0 aliphatic carbocycles. The number of ether oxygens (including phenoxy) is 1. The zero-order valence-corrected chi connectivity index (χ0v) is 19.6. The number of nitrogens with one attached hydrogen (secondary N) is 1. The van der Waals surface area contributed by atoms with Gasteiger partial charge in [-0.3, -0.25) is 9.10 Å². The molecule has 0 aromatic heterocycles. The molecule has 0 spiro atoms. The second-order valence-electron chi connectivity index (χ2n) is 7.27.